The lowest BCUT2D eigenvalue weighted by Crippen LogP contribution is -2.47. The Labute approximate surface area is 129 Å². The molecule has 0 saturated carbocycles. The predicted molar refractivity (Wildman–Crippen MR) is 83.6 cm³/mol. The van der Waals surface area contributed by atoms with Gasteiger partial charge in [-0.3, -0.25) is 0 Å². The van der Waals surface area contributed by atoms with Crippen molar-refractivity contribution in [1.29, 1.82) is 0 Å². The lowest BCUT2D eigenvalue weighted by atomic mass is 10.2. The third-order valence-corrected chi connectivity index (χ3v) is 3.94. The Bertz CT molecular complexity index is 645. The smallest absolute Gasteiger partial charge is 0.357 e. The highest BCUT2D eigenvalue weighted by molar-refractivity contribution is 5.89. The van der Waals surface area contributed by atoms with E-state index in [1.165, 1.54) is 0 Å². The van der Waals surface area contributed by atoms with E-state index in [1.54, 1.807) is 17.2 Å². The van der Waals surface area contributed by atoms with Crippen LogP contribution in [0.2, 0.25) is 0 Å². The molecule has 116 valence electrons. The largest absolute Gasteiger partial charge is 0.364 e. The Morgan fingerprint density at radius 3 is 2.41 bits per heavy atom. The quantitative estimate of drug-likeness (QED) is 0.862. The van der Waals surface area contributed by atoms with E-state index in [0.29, 0.717) is 18.7 Å². The standard InChI is InChI=1S/C16H20N4O2/c1-13-12-17-16(18(13)2)19-8-10-20(11-9-19)22-15(21)14-6-4-3-5-7-14/h3-7,12H,8-11H2,1-2H3. The first-order valence-corrected chi connectivity index (χ1v) is 7.40. The number of anilines is 1. The van der Waals surface area contributed by atoms with Gasteiger partial charge in [0.2, 0.25) is 5.95 Å². The molecule has 1 aromatic carbocycles. The number of nitrogens with zero attached hydrogens (tertiary/aromatic N) is 4. The second kappa shape index (κ2) is 6.19. The number of benzene rings is 1. The Hall–Kier alpha value is -2.34. The van der Waals surface area contributed by atoms with Crippen LogP contribution in [-0.4, -0.2) is 46.8 Å². The molecule has 1 aliphatic rings. The van der Waals surface area contributed by atoms with E-state index in [-0.39, 0.29) is 5.97 Å². The molecule has 2 heterocycles. The van der Waals surface area contributed by atoms with Gasteiger partial charge in [-0.2, -0.15) is 0 Å². The number of carbonyl (C=O) groups excluding carboxylic acids is 1. The van der Waals surface area contributed by atoms with Crippen molar-refractivity contribution in [2.45, 2.75) is 6.92 Å². The highest BCUT2D eigenvalue weighted by Crippen LogP contribution is 2.16. The molecule has 0 N–H and O–H groups in total. The third-order valence-electron chi connectivity index (χ3n) is 3.94. The number of imidazole rings is 1. The predicted octanol–water partition coefficient (Wildman–Crippen LogP) is 1.62. The van der Waals surface area contributed by atoms with Crippen LogP contribution in [0.4, 0.5) is 5.95 Å². The molecule has 0 spiro atoms. The van der Waals surface area contributed by atoms with Crippen LogP contribution >= 0.6 is 0 Å². The second-order valence-electron chi connectivity index (χ2n) is 5.42. The van der Waals surface area contributed by atoms with Gasteiger partial charge in [0, 0.05) is 25.8 Å². The molecule has 0 radical (unpaired) electrons. The second-order valence-corrected chi connectivity index (χ2v) is 5.42. The fourth-order valence-electron chi connectivity index (χ4n) is 2.50. The number of hydrogen-bond acceptors (Lipinski definition) is 5. The van der Waals surface area contributed by atoms with Gasteiger partial charge in [-0.1, -0.05) is 18.2 Å². The molecule has 0 bridgehead atoms. The maximum Gasteiger partial charge on any atom is 0.357 e. The van der Waals surface area contributed by atoms with E-state index in [1.807, 2.05) is 38.4 Å². The Balaban J connectivity index is 1.56. The highest BCUT2D eigenvalue weighted by Gasteiger charge is 2.23. The van der Waals surface area contributed by atoms with Crippen LogP contribution in [0.5, 0.6) is 0 Å². The molecule has 1 fully saturated rings. The number of piperazine rings is 1. The molecule has 0 aliphatic carbocycles. The first-order valence-electron chi connectivity index (χ1n) is 7.40. The zero-order chi connectivity index (χ0) is 15.5. The molecule has 1 saturated heterocycles. The first-order chi connectivity index (χ1) is 10.6. The van der Waals surface area contributed by atoms with Crippen molar-refractivity contribution in [3.8, 4) is 0 Å². The van der Waals surface area contributed by atoms with Crippen molar-refractivity contribution in [2.24, 2.45) is 7.05 Å². The fraction of sp³-hybridized carbons (Fsp3) is 0.375. The summed E-state index contributed by atoms with van der Waals surface area (Å²) in [5.74, 6) is 0.661. The van der Waals surface area contributed by atoms with E-state index in [0.717, 1.165) is 24.7 Å². The van der Waals surface area contributed by atoms with Crippen LogP contribution in [0, 0.1) is 6.92 Å². The summed E-state index contributed by atoms with van der Waals surface area (Å²) in [6, 6.07) is 9.06. The van der Waals surface area contributed by atoms with Gasteiger partial charge in [0.25, 0.3) is 0 Å². The Morgan fingerprint density at radius 1 is 1.14 bits per heavy atom. The molecule has 1 aliphatic heterocycles. The van der Waals surface area contributed by atoms with Crippen molar-refractivity contribution in [1.82, 2.24) is 14.6 Å². The SMILES string of the molecule is Cc1cnc(N2CCN(OC(=O)c3ccccc3)CC2)n1C. The maximum absolute atomic E-state index is 12.0. The number of aromatic nitrogens is 2. The summed E-state index contributed by atoms with van der Waals surface area (Å²) in [5.41, 5.74) is 1.71. The summed E-state index contributed by atoms with van der Waals surface area (Å²) in [6.07, 6.45) is 1.87. The van der Waals surface area contributed by atoms with Gasteiger partial charge in [-0.05, 0) is 19.1 Å². The monoisotopic (exact) mass is 300 g/mol. The lowest BCUT2D eigenvalue weighted by molar-refractivity contribution is -0.112. The average molecular weight is 300 g/mol. The van der Waals surface area contributed by atoms with Crippen LogP contribution in [0.1, 0.15) is 16.1 Å². The summed E-state index contributed by atoms with van der Waals surface area (Å²) in [6.45, 7) is 4.95. The van der Waals surface area contributed by atoms with Crippen LogP contribution < -0.4 is 4.90 Å². The van der Waals surface area contributed by atoms with E-state index >= 15 is 0 Å². The van der Waals surface area contributed by atoms with E-state index in [9.17, 15) is 4.79 Å². The lowest BCUT2D eigenvalue weighted by Gasteiger charge is -2.33. The number of aryl methyl sites for hydroxylation is 1. The van der Waals surface area contributed by atoms with Crippen molar-refractivity contribution in [3.05, 3.63) is 47.8 Å². The molecule has 22 heavy (non-hydrogen) atoms. The van der Waals surface area contributed by atoms with Gasteiger partial charge in [0.1, 0.15) is 0 Å². The van der Waals surface area contributed by atoms with Gasteiger partial charge < -0.3 is 14.3 Å². The van der Waals surface area contributed by atoms with Gasteiger partial charge >= 0.3 is 5.97 Å². The summed E-state index contributed by atoms with van der Waals surface area (Å²) in [5, 5.41) is 1.72. The van der Waals surface area contributed by atoms with Crippen LogP contribution in [0.15, 0.2) is 36.5 Å². The number of hydroxylamine groups is 2. The zero-order valence-electron chi connectivity index (χ0n) is 12.9. The normalized spacial score (nSPS) is 15.8. The van der Waals surface area contributed by atoms with E-state index < -0.39 is 0 Å². The van der Waals surface area contributed by atoms with Crippen molar-refractivity contribution >= 4 is 11.9 Å². The van der Waals surface area contributed by atoms with Crippen molar-refractivity contribution in [2.75, 3.05) is 31.1 Å². The van der Waals surface area contributed by atoms with E-state index in [2.05, 4.69) is 14.5 Å². The van der Waals surface area contributed by atoms with Gasteiger partial charge in [-0.15, -0.1) is 5.06 Å². The summed E-state index contributed by atoms with van der Waals surface area (Å²) in [7, 11) is 2.01. The first kappa shape index (κ1) is 14.6. The fourth-order valence-corrected chi connectivity index (χ4v) is 2.50. The molecule has 0 amide bonds. The number of hydrogen-bond donors (Lipinski definition) is 0. The molecule has 2 aromatic rings. The zero-order valence-corrected chi connectivity index (χ0v) is 12.9. The van der Waals surface area contributed by atoms with Crippen molar-refractivity contribution < 1.29 is 9.63 Å². The van der Waals surface area contributed by atoms with Crippen LogP contribution in [0.3, 0.4) is 0 Å². The van der Waals surface area contributed by atoms with Crippen LogP contribution in [0.25, 0.3) is 0 Å². The third kappa shape index (κ3) is 2.96. The van der Waals surface area contributed by atoms with Gasteiger partial charge in [0.15, 0.2) is 0 Å². The molecule has 0 atom stereocenters. The molecule has 1 aromatic heterocycles. The highest BCUT2D eigenvalue weighted by atomic mass is 16.7. The molecular weight excluding hydrogens is 280 g/mol. The minimum atomic E-state index is -0.304. The molecule has 6 nitrogen and oxygen atoms in total. The Morgan fingerprint density at radius 2 is 1.82 bits per heavy atom. The van der Waals surface area contributed by atoms with E-state index in [4.69, 9.17) is 4.84 Å². The average Bonchev–Trinajstić information content (AvgIpc) is 2.89. The molecule has 6 heteroatoms. The summed E-state index contributed by atoms with van der Waals surface area (Å²) >= 11 is 0. The molecule has 0 unspecified atom stereocenters. The minimum Gasteiger partial charge on any atom is -0.364 e. The summed E-state index contributed by atoms with van der Waals surface area (Å²) in [4.78, 5) is 24.1. The van der Waals surface area contributed by atoms with Gasteiger partial charge in [0.05, 0.1) is 24.8 Å². The Kier molecular flexibility index (Phi) is 4.11. The summed E-state index contributed by atoms with van der Waals surface area (Å²) < 4.78 is 2.08. The van der Waals surface area contributed by atoms with Crippen molar-refractivity contribution in [3.63, 3.8) is 0 Å². The maximum atomic E-state index is 12.0. The minimum absolute atomic E-state index is 0.304. The topological polar surface area (TPSA) is 50.6 Å². The molecular formula is C16H20N4O2. The number of rotatable bonds is 3. The van der Waals surface area contributed by atoms with Crippen LogP contribution in [-0.2, 0) is 11.9 Å². The number of carbonyl (C=O) groups is 1. The van der Waals surface area contributed by atoms with Gasteiger partial charge in [-0.25, -0.2) is 9.78 Å². The molecule has 3 rings (SSSR count).